The summed E-state index contributed by atoms with van der Waals surface area (Å²) in [5.74, 6) is 0. The van der Waals surface area contributed by atoms with E-state index >= 15 is 0 Å². The highest BCUT2D eigenvalue weighted by atomic mass is 15.1. The van der Waals surface area contributed by atoms with Crippen LogP contribution in [0.4, 0.5) is 5.69 Å². The number of anilines is 1. The molecule has 4 heteroatoms. The molecule has 0 saturated heterocycles. The Morgan fingerprint density at radius 2 is 1.67 bits per heavy atom. The first-order valence-electron chi connectivity index (χ1n) is 8.86. The number of nitrogens with zero attached hydrogens (tertiary/aromatic N) is 2. The molecule has 0 saturated carbocycles. The van der Waals surface area contributed by atoms with Crippen LogP contribution in [0.1, 0.15) is 11.3 Å². The van der Waals surface area contributed by atoms with Crippen molar-refractivity contribution in [3.05, 3.63) is 90.4 Å². The minimum atomic E-state index is 0.794. The molecule has 0 amide bonds. The Morgan fingerprint density at radius 1 is 0.815 bits per heavy atom. The summed E-state index contributed by atoms with van der Waals surface area (Å²) >= 11 is 0. The number of H-pyrrole nitrogens is 1. The molecule has 0 bridgehead atoms. The number of nitrogens with two attached hydrogens (primary N) is 1. The molecule has 3 N–H and O–H groups in total. The van der Waals surface area contributed by atoms with Crippen LogP contribution in [-0.2, 0) is 0 Å². The maximum Gasteiger partial charge on any atom is 0.0927 e. The highest BCUT2D eigenvalue weighted by Crippen LogP contribution is 2.26. The van der Waals surface area contributed by atoms with Gasteiger partial charge in [-0.1, -0.05) is 54.6 Å². The van der Waals surface area contributed by atoms with Crippen LogP contribution in [0.2, 0.25) is 0 Å². The molecule has 2 heterocycles. The average molecular weight is 350 g/mol. The van der Waals surface area contributed by atoms with Gasteiger partial charge in [0.05, 0.1) is 16.9 Å². The molecule has 0 spiro atoms. The number of nitrogen functional groups attached to an aromatic ring is 1. The predicted octanol–water partition coefficient (Wildman–Crippen LogP) is 5.26. The summed E-state index contributed by atoms with van der Waals surface area (Å²) in [4.78, 5) is 0. The highest BCUT2D eigenvalue weighted by molar-refractivity contribution is 5.94. The van der Waals surface area contributed by atoms with Crippen molar-refractivity contribution in [2.45, 2.75) is 0 Å². The third kappa shape index (κ3) is 2.68. The third-order valence-electron chi connectivity index (χ3n) is 4.86. The lowest BCUT2D eigenvalue weighted by molar-refractivity contribution is 1.08. The van der Waals surface area contributed by atoms with Crippen molar-refractivity contribution in [1.82, 2.24) is 14.8 Å². The third-order valence-corrected chi connectivity index (χ3v) is 4.86. The van der Waals surface area contributed by atoms with E-state index in [0.29, 0.717) is 0 Å². The van der Waals surface area contributed by atoms with E-state index in [1.165, 1.54) is 0 Å². The first-order valence-corrected chi connectivity index (χ1v) is 8.86. The first-order chi connectivity index (χ1) is 13.3. The van der Waals surface area contributed by atoms with Gasteiger partial charge in [0.15, 0.2) is 0 Å². The van der Waals surface area contributed by atoms with Gasteiger partial charge in [-0.25, -0.2) is 0 Å². The molecule has 0 aliphatic carbocycles. The molecule has 2 aromatic heterocycles. The van der Waals surface area contributed by atoms with Crippen LogP contribution in [0.3, 0.4) is 0 Å². The van der Waals surface area contributed by atoms with Crippen LogP contribution < -0.4 is 5.73 Å². The van der Waals surface area contributed by atoms with E-state index in [0.717, 1.165) is 44.3 Å². The van der Waals surface area contributed by atoms with Gasteiger partial charge in [0, 0.05) is 34.2 Å². The van der Waals surface area contributed by atoms with Crippen molar-refractivity contribution in [3.8, 4) is 5.69 Å². The molecule has 130 valence electrons. The Hall–Kier alpha value is -3.79. The van der Waals surface area contributed by atoms with Crippen LogP contribution in [0.15, 0.2) is 79.1 Å². The van der Waals surface area contributed by atoms with E-state index in [2.05, 4.69) is 63.6 Å². The number of aromatic nitrogens is 3. The molecular formula is C23H18N4. The standard InChI is InChI=1S/C23H18N4/c24-20-9-5-7-17-14-27(15-19(17)20)23-11-4-1-6-16(23)12-13-22-18-8-2-3-10-21(18)25-26-22/h1-15H,24H2,(H,25,26)/b13-12+. The molecule has 0 atom stereocenters. The SMILES string of the molecule is Nc1cccc2cn(-c3ccccc3/C=C/c3n[nH]c4ccccc34)cc12. The number of rotatable bonds is 3. The van der Waals surface area contributed by atoms with Gasteiger partial charge < -0.3 is 10.3 Å². The van der Waals surface area contributed by atoms with Gasteiger partial charge in [-0.2, -0.15) is 5.10 Å². The molecule has 0 aliphatic heterocycles. The molecule has 5 aromatic rings. The summed E-state index contributed by atoms with van der Waals surface area (Å²) in [7, 11) is 0. The van der Waals surface area contributed by atoms with E-state index in [4.69, 9.17) is 5.73 Å². The Balaban J connectivity index is 1.59. The van der Waals surface area contributed by atoms with E-state index in [1.807, 2.05) is 42.5 Å². The molecule has 0 fully saturated rings. The second-order valence-electron chi connectivity index (χ2n) is 6.56. The largest absolute Gasteiger partial charge is 0.398 e. The van der Waals surface area contributed by atoms with Crippen LogP contribution in [-0.4, -0.2) is 14.8 Å². The molecule has 4 nitrogen and oxygen atoms in total. The van der Waals surface area contributed by atoms with Gasteiger partial charge in [0.1, 0.15) is 0 Å². The predicted molar refractivity (Wildman–Crippen MR) is 113 cm³/mol. The normalized spacial score (nSPS) is 11.7. The Morgan fingerprint density at radius 3 is 2.59 bits per heavy atom. The van der Waals surface area contributed by atoms with Gasteiger partial charge in [0.25, 0.3) is 0 Å². The Bertz CT molecular complexity index is 1290. The summed E-state index contributed by atoms with van der Waals surface area (Å²) in [6.07, 6.45) is 8.35. The molecule has 0 aliphatic rings. The maximum atomic E-state index is 6.12. The van der Waals surface area contributed by atoms with Gasteiger partial charge >= 0.3 is 0 Å². The van der Waals surface area contributed by atoms with Gasteiger partial charge in [0.2, 0.25) is 0 Å². The van der Waals surface area contributed by atoms with E-state index in [1.54, 1.807) is 0 Å². The lowest BCUT2D eigenvalue weighted by atomic mass is 10.1. The number of fused-ring (bicyclic) bond motifs is 2. The topological polar surface area (TPSA) is 59.6 Å². The minimum absolute atomic E-state index is 0.794. The molecule has 5 rings (SSSR count). The fourth-order valence-electron chi connectivity index (χ4n) is 3.47. The van der Waals surface area contributed by atoms with E-state index < -0.39 is 0 Å². The fraction of sp³-hybridized carbons (Fsp3) is 0. The van der Waals surface area contributed by atoms with Gasteiger partial charge in [-0.3, -0.25) is 5.10 Å². The van der Waals surface area contributed by atoms with E-state index in [-0.39, 0.29) is 0 Å². The van der Waals surface area contributed by atoms with Gasteiger partial charge in [-0.15, -0.1) is 0 Å². The van der Waals surface area contributed by atoms with Crippen LogP contribution in [0.25, 0.3) is 39.5 Å². The molecule has 3 aromatic carbocycles. The number of para-hydroxylation sites is 2. The zero-order valence-electron chi connectivity index (χ0n) is 14.6. The van der Waals surface area contributed by atoms with Crippen molar-refractivity contribution in [1.29, 1.82) is 0 Å². The smallest absolute Gasteiger partial charge is 0.0927 e. The second kappa shape index (κ2) is 6.18. The van der Waals surface area contributed by atoms with Crippen molar-refractivity contribution in [3.63, 3.8) is 0 Å². The monoisotopic (exact) mass is 350 g/mol. The number of benzene rings is 3. The van der Waals surface area contributed by atoms with Crippen molar-refractivity contribution >= 4 is 39.5 Å². The lowest BCUT2D eigenvalue weighted by Gasteiger charge is -2.07. The molecular weight excluding hydrogens is 332 g/mol. The summed E-state index contributed by atoms with van der Waals surface area (Å²) < 4.78 is 2.13. The summed E-state index contributed by atoms with van der Waals surface area (Å²) in [6.45, 7) is 0. The second-order valence-corrected chi connectivity index (χ2v) is 6.56. The highest BCUT2D eigenvalue weighted by Gasteiger charge is 2.07. The Kier molecular flexibility index (Phi) is 3.54. The molecule has 0 radical (unpaired) electrons. The molecule has 27 heavy (non-hydrogen) atoms. The van der Waals surface area contributed by atoms with Crippen molar-refractivity contribution in [2.75, 3.05) is 5.73 Å². The van der Waals surface area contributed by atoms with Crippen LogP contribution in [0, 0.1) is 0 Å². The summed E-state index contributed by atoms with van der Waals surface area (Å²) in [5.41, 5.74) is 11.1. The van der Waals surface area contributed by atoms with Crippen LogP contribution in [0.5, 0.6) is 0 Å². The van der Waals surface area contributed by atoms with Crippen molar-refractivity contribution < 1.29 is 0 Å². The Labute approximate surface area is 156 Å². The van der Waals surface area contributed by atoms with E-state index in [9.17, 15) is 0 Å². The van der Waals surface area contributed by atoms with Crippen LogP contribution >= 0.6 is 0 Å². The number of nitrogens with one attached hydrogen (secondary N) is 1. The lowest BCUT2D eigenvalue weighted by Crippen LogP contribution is -1.92. The number of hydrogen-bond donors (Lipinski definition) is 2. The van der Waals surface area contributed by atoms with Gasteiger partial charge in [-0.05, 0) is 29.8 Å². The zero-order valence-corrected chi connectivity index (χ0v) is 14.6. The number of hydrogen-bond acceptors (Lipinski definition) is 2. The molecule has 0 unspecified atom stereocenters. The first kappa shape index (κ1) is 15.5. The fourth-order valence-corrected chi connectivity index (χ4v) is 3.47. The van der Waals surface area contributed by atoms with Crippen molar-refractivity contribution in [2.24, 2.45) is 0 Å². The summed E-state index contributed by atoms with van der Waals surface area (Å²) in [5, 5.41) is 10.8. The number of aromatic amines is 1. The minimum Gasteiger partial charge on any atom is -0.398 e. The average Bonchev–Trinajstić information content (AvgIpc) is 3.32. The zero-order chi connectivity index (χ0) is 18.2. The quantitative estimate of drug-likeness (QED) is 0.436. The maximum absolute atomic E-state index is 6.12. The summed E-state index contributed by atoms with van der Waals surface area (Å²) in [6, 6.07) is 22.4.